The van der Waals surface area contributed by atoms with E-state index in [1.807, 2.05) is 60.7 Å². The zero-order valence-corrected chi connectivity index (χ0v) is 16.5. The molecule has 0 atom stereocenters. The fourth-order valence-corrected chi connectivity index (χ4v) is 3.66. The highest BCUT2D eigenvalue weighted by molar-refractivity contribution is 7.98. The van der Waals surface area contributed by atoms with Gasteiger partial charge in [-0.3, -0.25) is 4.79 Å². The van der Waals surface area contributed by atoms with Crippen LogP contribution in [0, 0.1) is 0 Å². The molecule has 0 bridgehead atoms. The van der Waals surface area contributed by atoms with Crippen molar-refractivity contribution in [2.45, 2.75) is 5.75 Å². The predicted molar refractivity (Wildman–Crippen MR) is 115 cm³/mol. The molecule has 0 saturated carbocycles. The SMILES string of the molecule is O=C(NCCSCc1ccco1)c1ccccc1-c1ncc(-c2ccccc2)o1. The quantitative estimate of drug-likeness (QED) is 0.406. The Morgan fingerprint density at radius 2 is 1.83 bits per heavy atom. The van der Waals surface area contributed by atoms with Gasteiger partial charge in [0.05, 0.1) is 23.8 Å². The van der Waals surface area contributed by atoms with Crippen LogP contribution in [0.25, 0.3) is 22.8 Å². The normalized spacial score (nSPS) is 10.8. The van der Waals surface area contributed by atoms with Crippen LogP contribution in [0.15, 0.2) is 88.0 Å². The summed E-state index contributed by atoms with van der Waals surface area (Å²) in [6.45, 7) is 0.569. The van der Waals surface area contributed by atoms with Crippen molar-refractivity contribution in [2.75, 3.05) is 12.3 Å². The fourth-order valence-electron chi connectivity index (χ4n) is 2.90. The maximum atomic E-state index is 12.7. The van der Waals surface area contributed by atoms with E-state index in [-0.39, 0.29) is 5.91 Å². The molecule has 0 spiro atoms. The Labute approximate surface area is 173 Å². The number of nitrogens with one attached hydrogen (secondary N) is 1. The van der Waals surface area contributed by atoms with E-state index in [9.17, 15) is 4.79 Å². The van der Waals surface area contributed by atoms with Gasteiger partial charge in [0.2, 0.25) is 5.89 Å². The van der Waals surface area contributed by atoms with Crippen molar-refractivity contribution in [3.63, 3.8) is 0 Å². The van der Waals surface area contributed by atoms with Gasteiger partial charge in [-0.05, 0) is 24.3 Å². The molecule has 0 unspecified atom stereocenters. The van der Waals surface area contributed by atoms with E-state index in [2.05, 4.69) is 10.3 Å². The third kappa shape index (κ3) is 4.78. The van der Waals surface area contributed by atoms with Crippen molar-refractivity contribution in [2.24, 2.45) is 0 Å². The summed E-state index contributed by atoms with van der Waals surface area (Å²) < 4.78 is 11.2. The third-order valence-electron chi connectivity index (χ3n) is 4.32. The second-order valence-electron chi connectivity index (χ2n) is 6.33. The molecule has 4 aromatic rings. The van der Waals surface area contributed by atoms with Crippen LogP contribution >= 0.6 is 11.8 Å². The average Bonchev–Trinajstić information content (AvgIpc) is 3.46. The van der Waals surface area contributed by atoms with Gasteiger partial charge in [-0.15, -0.1) is 0 Å². The highest BCUT2D eigenvalue weighted by Gasteiger charge is 2.16. The number of rotatable bonds is 8. The van der Waals surface area contributed by atoms with Gasteiger partial charge in [0.25, 0.3) is 5.91 Å². The van der Waals surface area contributed by atoms with E-state index >= 15 is 0 Å². The lowest BCUT2D eigenvalue weighted by Crippen LogP contribution is -2.26. The molecule has 0 saturated heterocycles. The number of benzene rings is 2. The molecule has 2 heterocycles. The Morgan fingerprint density at radius 3 is 2.66 bits per heavy atom. The topological polar surface area (TPSA) is 68.3 Å². The first-order valence-corrected chi connectivity index (χ1v) is 10.5. The smallest absolute Gasteiger partial charge is 0.252 e. The van der Waals surface area contributed by atoms with E-state index < -0.39 is 0 Å². The first-order valence-electron chi connectivity index (χ1n) is 9.30. The molecule has 0 aliphatic heterocycles. The van der Waals surface area contributed by atoms with Crippen LogP contribution in [0.4, 0.5) is 0 Å². The second kappa shape index (κ2) is 9.30. The Hall–Kier alpha value is -3.25. The molecule has 2 aromatic carbocycles. The van der Waals surface area contributed by atoms with E-state index in [0.717, 1.165) is 22.8 Å². The number of carbonyl (C=O) groups is 1. The molecule has 0 aliphatic rings. The summed E-state index contributed by atoms with van der Waals surface area (Å²) in [6.07, 6.45) is 3.35. The van der Waals surface area contributed by atoms with Gasteiger partial charge >= 0.3 is 0 Å². The summed E-state index contributed by atoms with van der Waals surface area (Å²) in [5, 5.41) is 2.97. The van der Waals surface area contributed by atoms with Crippen LogP contribution < -0.4 is 5.32 Å². The molecule has 0 radical (unpaired) electrons. The Morgan fingerprint density at radius 1 is 1.00 bits per heavy atom. The first-order chi connectivity index (χ1) is 14.3. The number of aromatic nitrogens is 1. The molecule has 4 rings (SSSR count). The number of amides is 1. The van der Waals surface area contributed by atoms with Crippen molar-refractivity contribution >= 4 is 17.7 Å². The van der Waals surface area contributed by atoms with E-state index in [1.165, 1.54) is 0 Å². The summed E-state index contributed by atoms with van der Waals surface area (Å²) in [7, 11) is 0. The fraction of sp³-hybridized carbons (Fsp3) is 0.130. The average molecular weight is 404 g/mol. The number of carbonyl (C=O) groups excluding carboxylic acids is 1. The summed E-state index contributed by atoms with van der Waals surface area (Å²) >= 11 is 1.71. The predicted octanol–water partition coefficient (Wildman–Crippen LogP) is 5.26. The standard InChI is InChI=1S/C23H20N2O3S/c26-22(24-12-14-29-16-18-9-6-13-27-18)19-10-4-5-11-20(19)23-25-15-21(28-23)17-7-2-1-3-8-17/h1-11,13,15H,12,14,16H2,(H,24,26). The molecular formula is C23H20N2O3S. The van der Waals surface area contributed by atoms with Gasteiger partial charge in [0.15, 0.2) is 5.76 Å². The lowest BCUT2D eigenvalue weighted by atomic mass is 10.1. The van der Waals surface area contributed by atoms with Gasteiger partial charge in [-0.1, -0.05) is 42.5 Å². The summed E-state index contributed by atoms with van der Waals surface area (Å²) in [4.78, 5) is 17.1. The van der Waals surface area contributed by atoms with Crippen LogP contribution in [0.3, 0.4) is 0 Å². The molecule has 6 heteroatoms. The van der Waals surface area contributed by atoms with Gasteiger partial charge in [0.1, 0.15) is 5.76 Å². The van der Waals surface area contributed by atoms with Gasteiger partial charge in [0, 0.05) is 23.4 Å². The van der Waals surface area contributed by atoms with Gasteiger partial charge < -0.3 is 14.2 Å². The highest BCUT2D eigenvalue weighted by Crippen LogP contribution is 2.28. The monoisotopic (exact) mass is 404 g/mol. The van der Waals surface area contributed by atoms with Gasteiger partial charge in [-0.2, -0.15) is 11.8 Å². The molecule has 0 aliphatic carbocycles. The molecule has 0 fully saturated rings. The lowest BCUT2D eigenvalue weighted by Gasteiger charge is -2.08. The van der Waals surface area contributed by atoms with Crippen LogP contribution in [-0.2, 0) is 5.75 Å². The molecule has 5 nitrogen and oxygen atoms in total. The Balaban J connectivity index is 1.40. The van der Waals surface area contributed by atoms with Crippen LogP contribution in [0.5, 0.6) is 0 Å². The van der Waals surface area contributed by atoms with Crippen molar-refractivity contribution in [1.82, 2.24) is 10.3 Å². The molecule has 2 aromatic heterocycles. The zero-order chi connectivity index (χ0) is 19.9. The number of hydrogen-bond donors (Lipinski definition) is 1. The number of hydrogen-bond acceptors (Lipinski definition) is 5. The maximum Gasteiger partial charge on any atom is 0.252 e. The third-order valence-corrected chi connectivity index (χ3v) is 5.30. The second-order valence-corrected chi connectivity index (χ2v) is 7.43. The minimum Gasteiger partial charge on any atom is -0.468 e. The zero-order valence-electron chi connectivity index (χ0n) is 15.7. The number of thioether (sulfide) groups is 1. The minimum absolute atomic E-state index is 0.140. The van der Waals surface area contributed by atoms with E-state index in [4.69, 9.17) is 8.83 Å². The molecule has 29 heavy (non-hydrogen) atoms. The largest absolute Gasteiger partial charge is 0.468 e. The lowest BCUT2D eigenvalue weighted by molar-refractivity contribution is 0.0956. The highest BCUT2D eigenvalue weighted by atomic mass is 32.2. The van der Waals surface area contributed by atoms with Crippen molar-refractivity contribution < 1.29 is 13.6 Å². The summed E-state index contributed by atoms with van der Waals surface area (Å²) in [5.74, 6) is 3.49. The Bertz CT molecular complexity index is 1060. The molecule has 146 valence electrons. The van der Waals surface area contributed by atoms with Crippen LogP contribution in [-0.4, -0.2) is 23.2 Å². The summed E-state index contributed by atoms with van der Waals surface area (Å²) in [6, 6.07) is 20.9. The van der Waals surface area contributed by atoms with Crippen LogP contribution in [0.2, 0.25) is 0 Å². The molecular weight excluding hydrogens is 384 g/mol. The number of nitrogens with zero attached hydrogens (tertiary/aromatic N) is 1. The first kappa shape index (κ1) is 19.1. The number of oxazole rings is 1. The maximum absolute atomic E-state index is 12.7. The summed E-state index contributed by atoms with van der Waals surface area (Å²) in [5.41, 5.74) is 2.17. The van der Waals surface area contributed by atoms with Crippen molar-refractivity contribution in [3.05, 3.63) is 90.5 Å². The molecule has 1 amide bonds. The van der Waals surface area contributed by atoms with Gasteiger partial charge in [-0.25, -0.2) is 4.98 Å². The number of furan rings is 1. The van der Waals surface area contributed by atoms with Crippen LogP contribution in [0.1, 0.15) is 16.1 Å². The minimum atomic E-state index is -0.140. The van der Waals surface area contributed by atoms with Crippen molar-refractivity contribution in [3.8, 4) is 22.8 Å². The van der Waals surface area contributed by atoms with E-state index in [0.29, 0.717) is 29.3 Å². The van der Waals surface area contributed by atoms with Crippen molar-refractivity contribution in [1.29, 1.82) is 0 Å². The van der Waals surface area contributed by atoms with E-state index in [1.54, 1.807) is 30.3 Å². The molecule has 1 N–H and O–H groups in total. The Kier molecular flexibility index (Phi) is 6.12.